The third kappa shape index (κ3) is 4.32. The molecule has 0 bridgehead atoms. The smallest absolute Gasteiger partial charge is 0.255 e. The summed E-state index contributed by atoms with van der Waals surface area (Å²) in [6.45, 7) is 3.58. The molecule has 0 aliphatic heterocycles. The second kappa shape index (κ2) is 10.7. The Bertz CT molecular complexity index is 1410. The van der Waals surface area contributed by atoms with E-state index in [1.807, 2.05) is 19.0 Å². The number of ketones is 2. The number of carbonyl (C=O) groups is 3. The Hall–Kier alpha value is -3.41. The van der Waals surface area contributed by atoms with Crippen LogP contribution < -0.4 is 10.6 Å². The number of aromatic hydroxyl groups is 1. The minimum absolute atomic E-state index is 0.0344. The Labute approximate surface area is 245 Å². The van der Waals surface area contributed by atoms with Gasteiger partial charge in [-0.15, -0.1) is 0 Å². The zero-order chi connectivity index (χ0) is 30.8. The maximum Gasteiger partial charge on any atom is 0.255 e. The van der Waals surface area contributed by atoms with E-state index in [0.717, 1.165) is 30.6 Å². The minimum atomic E-state index is -2.65. The Balaban J connectivity index is 1.65. The SMILES string of the molecule is CCN(Cc1cc(O)c2c(c1N(C)C)C[C@H]1C[C@H]3[C@H](N(C)C)C(O)=C(C(N)=O)C(=O)[C@@]3(O)C(O)=C1C2=O)C1CCCC1. The van der Waals surface area contributed by atoms with Gasteiger partial charge in [-0.2, -0.15) is 0 Å². The molecule has 0 heterocycles. The molecule has 0 spiro atoms. The van der Waals surface area contributed by atoms with E-state index in [1.165, 1.54) is 12.8 Å². The lowest BCUT2D eigenvalue weighted by molar-refractivity contribution is -0.148. The molecule has 4 atom stereocenters. The molecule has 4 aliphatic carbocycles. The van der Waals surface area contributed by atoms with Crippen LogP contribution >= 0.6 is 0 Å². The number of phenols is 1. The quantitative estimate of drug-likeness (QED) is 0.300. The van der Waals surface area contributed by atoms with Crippen LogP contribution in [-0.2, 0) is 22.6 Å². The van der Waals surface area contributed by atoms with Gasteiger partial charge in [0.25, 0.3) is 5.91 Å². The summed E-state index contributed by atoms with van der Waals surface area (Å²) < 4.78 is 0. The molecule has 6 N–H and O–H groups in total. The number of benzene rings is 1. The van der Waals surface area contributed by atoms with Gasteiger partial charge in [-0.3, -0.25) is 24.2 Å². The van der Waals surface area contributed by atoms with Crippen molar-refractivity contribution in [2.24, 2.45) is 17.6 Å². The number of likely N-dealkylation sites (N-methyl/N-ethyl adjacent to an activating group) is 1. The van der Waals surface area contributed by atoms with Crippen LogP contribution in [0.3, 0.4) is 0 Å². The predicted octanol–water partition coefficient (Wildman–Crippen LogP) is 1.95. The lowest BCUT2D eigenvalue weighted by atomic mass is 9.58. The van der Waals surface area contributed by atoms with Crippen LogP contribution in [0.25, 0.3) is 0 Å². The van der Waals surface area contributed by atoms with Crippen LogP contribution in [0, 0.1) is 11.8 Å². The molecule has 0 unspecified atom stereocenters. The van der Waals surface area contributed by atoms with E-state index in [0.29, 0.717) is 18.2 Å². The summed E-state index contributed by atoms with van der Waals surface area (Å²) in [7, 11) is 7.02. The number of fused-ring (bicyclic) bond motifs is 3. The first-order valence-corrected chi connectivity index (χ1v) is 14.7. The third-order valence-electron chi connectivity index (χ3n) is 9.84. The average Bonchev–Trinajstić information content (AvgIpc) is 3.43. The molecule has 1 amide bonds. The highest BCUT2D eigenvalue weighted by Gasteiger charge is 2.63. The van der Waals surface area contributed by atoms with Gasteiger partial charge in [0.2, 0.25) is 5.78 Å². The Morgan fingerprint density at radius 1 is 1.10 bits per heavy atom. The fraction of sp³-hybridized carbons (Fsp3) is 0.581. The average molecular weight is 583 g/mol. The first kappa shape index (κ1) is 30.1. The number of nitrogens with two attached hydrogens (primary N) is 1. The van der Waals surface area contributed by atoms with Gasteiger partial charge >= 0.3 is 0 Å². The predicted molar refractivity (Wildman–Crippen MR) is 156 cm³/mol. The van der Waals surface area contributed by atoms with Crippen molar-refractivity contribution in [1.82, 2.24) is 9.80 Å². The van der Waals surface area contributed by atoms with E-state index in [1.54, 1.807) is 25.1 Å². The number of primary amides is 1. The largest absolute Gasteiger partial charge is 0.510 e. The number of hydrogen-bond donors (Lipinski definition) is 5. The van der Waals surface area contributed by atoms with Crippen molar-refractivity contribution >= 4 is 23.2 Å². The summed E-state index contributed by atoms with van der Waals surface area (Å²) >= 11 is 0. The number of aliphatic hydroxyl groups excluding tert-OH is 2. The van der Waals surface area contributed by atoms with Crippen molar-refractivity contribution in [2.45, 2.75) is 69.7 Å². The van der Waals surface area contributed by atoms with Crippen molar-refractivity contribution in [1.29, 1.82) is 0 Å². The van der Waals surface area contributed by atoms with Crippen LogP contribution in [0.5, 0.6) is 5.75 Å². The molecule has 5 rings (SSSR count). The second-order valence-corrected chi connectivity index (χ2v) is 12.6. The summed E-state index contributed by atoms with van der Waals surface area (Å²) in [5.74, 6) is -6.46. The van der Waals surface area contributed by atoms with E-state index in [4.69, 9.17) is 5.73 Å². The molecule has 1 aromatic carbocycles. The Morgan fingerprint density at radius 2 is 1.74 bits per heavy atom. The van der Waals surface area contributed by atoms with E-state index < -0.39 is 58.0 Å². The highest BCUT2D eigenvalue weighted by atomic mass is 16.3. The van der Waals surface area contributed by atoms with Crippen molar-refractivity contribution in [3.05, 3.63) is 45.4 Å². The lowest BCUT2D eigenvalue weighted by Gasteiger charge is -2.50. The number of Topliss-reactive ketones (excluding diaryl/α,β-unsaturated/α-hetero) is 2. The molecular weight excluding hydrogens is 540 g/mol. The van der Waals surface area contributed by atoms with Gasteiger partial charge in [0.15, 0.2) is 11.4 Å². The zero-order valence-electron chi connectivity index (χ0n) is 25.0. The van der Waals surface area contributed by atoms with Gasteiger partial charge in [0.1, 0.15) is 22.8 Å². The Morgan fingerprint density at radius 3 is 2.29 bits per heavy atom. The molecule has 11 heteroatoms. The van der Waals surface area contributed by atoms with Gasteiger partial charge in [0, 0.05) is 43.9 Å². The highest BCUT2D eigenvalue weighted by Crippen LogP contribution is 2.53. The molecule has 0 aromatic heterocycles. The van der Waals surface area contributed by atoms with Gasteiger partial charge in [0.05, 0.1) is 11.6 Å². The van der Waals surface area contributed by atoms with Gasteiger partial charge in [-0.1, -0.05) is 19.8 Å². The number of allylic oxidation sites excluding steroid dienone is 1. The van der Waals surface area contributed by atoms with Crippen molar-refractivity contribution in [3.63, 3.8) is 0 Å². The molecule has 42 heavy (non-hydrogen) atoms. The summed E-state index contributed by atoms with van der Waals surface area (Å²) in [5, 5.41) is 45.6. The normalized spacial score (nSPS) is 28.0. The summed E-state index contributed by atoms with van der Waals surface area (Å²) in [4.78, 5) is 45.6. The molecule has 0 radical (unpaired) electrons. The van der Waals surface area contributed by atoms with Gasteiger partial charge in [-0.05, 0) is 69.4 Å². The molecule has 4 aliphatic rings. The topological polar surface area (TPSA) is 168 Å². The number of phenolic OH excluding ortho intramolecular Hbond substituents is 1. The number of anilines is 1. The lowest BCUT2D eigenvalue weighted by Crippen LogP contribution is -2.63. The standard InChI is InChI=1S/C31H42N4O7/c1-6-35(17-9-7-8-10-17)14-16-13-20(36)22-18(24(16)33(2)3)11-15-12-19-25(34(4)5)27(38)23(30(32)41)29(40)31(19,42)28(39)21(15)26(22)37/h13,15,17,19,25,36,38-39,42H,6-12,14H2,1-5H3,(H2,32,41)/t15-,19-,25-,31-/m0/s1. The van der Waals surface area contributed by atoms with Crippen LogP contribution in [0.2, 0.25) is 0 Å². The number of hydrogen-bond acceptors (Lipinski definition) is 10. The molecule has 1 saturated carbocycles. The van der Waals surface area contributed by atoms with Crippen molar-refractivity contribution in [2.75, 3.05) is 39.6 Å². The third-order valence-corrected chi connectivity index (χ3v) is 9.84. The van der Waals surface area contributed by atoms with E-state index in [-0.39, 0.29) is 29.7 Å². The number of carbonyl (C=O) groups excluding carboxylic acids is 3. The van der Waals surface area contributed by atoms with Crippen LogP contribution in [0.15, 0.2) is 28.7 Å². The number of nitrogens with zero attached hydrogens (tertiary/aromatic N) is 3. The second-order valence-electron chi connectivity index (χ2n) is 12.6. The van der Waals surface area contributed by atoms with E-state index >= 15 is 0 Å². The number of aliphatic hydroxyl groups is 3. The van der Waals surface area contributed by atoms with Crippen LogP contribution in [-0.4, -0.2) is 100 Å². The minimum Gasteiger partial charge on any atom is -0.510 e. The zero-order valence-corrected chi connectivity index (χ0v) is 25.0. The number of rotatable bonds is 7. The van der Waals surface area contributed by atoms with Crippen LogP contribution in [0.1, 0.15) is 60.5 Å². The summed E-state index contributed by atoms with van der Waals surface area (Å²) in [6.07, 6.45) is 4.98. The van der Waals surface area contributed by atoms with Gasteiger partial charge < -0.3 is 31.1 Å². The maximum absolute atomic E-state index is 14.1. The van der Waals surface area contributed by atoms with Crippen molar-refractivity contribution in [3.8, 4) is 5.75 Å². The molecule has 1 aromatic rings. The van der Waals surface area contributed by atoms with Gasteiger partial charge in [-0.25, -0.2) is 0 Å². The molecule has 11 nitrogen and oxygen atoms in total. The molecule has 0 saturated heterocycles. The molecule has 228 valence electrons. The monoisotopic (exact) mass is 582 g/mol. The fourth-order valence-corrected chi connectivity index (χ4v) is 8.04. The number of amides is 1. The first-order chi connectivity index (χ1) is 19.7. The highest BCUT2D eigenvalue weighted by molar-refractivity contribution is 6.24. The summed E-state index contributed by atoms with van der Waals surface area (Å²) in [5.41, 5.74) is 4.21. The van der Waals surface area contributed by atoms with E-state index in [2.05, 4.69) is 11.8 Å². The van der Waals surface area contributed by atoms with E-state index in [9.17, 15) is 34.8 Å². The maximum atomic E-state index is 14.1. The molecular formula is C31H42N4O7. The Kier molecular flexibility index (Phi) is 7.66. The molecule has 1 fully saturated rings. The first-order valence-electron chi connectivity index (χ1n) is 14.7. The summed E-state index contributed by atoms with van der Waals surface area (Å²) in [6, 6.07) is 1.06. The van der Waals surface area contributed by atoms with Crippen LogP contribution in [0.4, 0.5) is 5.69 Å². The fourth-order valence-electron chi connectivity index (χ4n) is 8.04. The van der Waals surface area contributed by atoms with Crippen molar-refractivity contribution < 1.29 is 34.8 Å².